The van der Waals surface area contributed by atoms with E-state index in [9.17, 15) is 8.42 Å². The second-order valence-electron chi connectivity index (χ2n) is 6.42. The van der Waals surface area contributed by atoms with Crippen molar-refractivity contribution in [1.82, 2.24) is 5.43 Å². The van der Waals surface area contributed by atoms with Crippen molar-refractivity contribution >= 4 is 15.7 Å². The van der Waals surface area contributed by atoms with Gasteiger partial charge in [-0.3, -0.25) is 0 Å². The van der Waals surface area contributed by atoms with Crippen molar-refractivity contribution in [1.29, 1.82) is 0 Å². The lowest BCUT2D eigenvalue weighted by Gasteiger charge is -2.15. The summed E-state index contributed by atoms with van der Waals surface area (Å²) < 4.78 is 22.5. The summed E-state index contributed by atoms with van der Waals surface area (Å²) in [6.07, 6.45) is 14.9. The van der Waals surface area contributed by atoms with Crippen molar-refractivity contribution in [2.24, 2.45) is 5.14 Å². The van der Waals surface area contributed by atoms with E-state index in [1.807, 2.05) is 0 Å². The second-order valence-corrected chi connectivity index (χ2v) is 7.98. The summed E-state index contributed by atoms with van der Waals surface area (Å²) in [4.78, 5) is 0.123. The number of rotatable bonds is 4. The fourth-order valence-corrected chi connectivity index (χ4v) is 3.41. The standard InChI is InChI=1S/C18H29N3O2S/c19-24(22,23)18-14-12-17(13-15-18)21-20-16-10-8-6-4-2-1-3-5-7-9-11-16/h10,12-15,20-21H,1-9,11H2,(H2,19,22,23). The summed E-state index contributed by atoms with van der Waals surface area (Å²) in [6.45, 7) is 0. The molecule has 134 valence electrons. The van der Waals surface area contributed by atoms with Crippen LogP contribution in [0.25, 0.3) is 0 Å². The lowest BCUT2D eigenvalue weighted by atomic mass is 10.0. The number of hydrazine groups is 1. The topological polar surface area (TPSA) is 84.2 Å². The third kappa shape index (κ3) is 6.93. The number of anilines is 1. The summed E-state index contributed by atoms with van der Waals surface area (Å²) in [5, 5.41) is 5.11. The number of allylic oxidation sites excluding steroid dienone is 2. The Hall–Kier alpha value is -1.53. The van der Waals surface area contributed by atoms with Crippen LogP contribution in [0.5, 0.6) is 0 Å². The zero-order valence-electron chi connectivity index (χ0n) is 14.3. The van der Waals surface area contributed by atoms with Gasteiger partial charge in [0, 0.05) is 5.70 Å². The third-order valence-corrected chi connectivity index (χ3v) is 5.27. The van der Waals surface area contributed by atoms with Crippen molar-refractivity contribution in [2.75, 3.05) is 5.43 Å². The predicted molar refractivity (Wildman–Crippen MR) is 98.8 cm³/mol. The van der Waals surface area contributed by atoms with E-state index in [0.717, 1.165) is 18.5 Å². The van der Waals surface area contributed by atoms with E-state index in [-0.39, 0.29) is 4.90 Å². The molecule has 24 heavy (non-hydrogen) atoms. The van der Waals surface area contributed by atoms with Crippen LogP contribution in [0.1, 0.15) is 64.2 Å². The first-order valence-corrected chi connectivity index (χ1v) is 10.4. The second kappa shape index (κ2) is 9.69. The van der Waals surface area contributed by atoms with Gasteiger partial charge in [0.1, 0.15) is 0 Å². The third-order valence-electron chi connectivity index (χ3n) is 4.34. The zero-order chi connectivity index (χ0) is 17.3. The highest BCUT2D eigenvalue weighted by molar-refractivity contribution is 7.89. The molecule has 1 aliphatic carbocycles. The number of hydrogen-bond acceptors (Lipinski definition) is 4. The molecule has 0 saturated heterocycles. The summed E-state index contributed by atoms with van der Waals surface area (Å²) in [7, 11) is -3.64. The molecule has 5 nitrogen and oxygen atoms in total. The van der Waals surface area contributed by atoms with Gasteiger partial charge in [-0.15, -0.1) is 0 Å². The molecule has 0 heterocycles. The van der Waals surface area contributed by atoms with Gasteiger partial charge in [0.2, 0.25) is 10.0 Å². The van der Waals surface area contributed by atoms with Crippen LogP contribution in [-0.4, -0.2) is 8.42 Å². The van der Waals surface area contributed by atoms with Crippen LogP contribution in [0.3, 0.4) is 0 Å². The molecule has 1 aromatic rings. The SMILES string of the molecule is NS(=O)(=O)c1ccc(NNC2=CCCCCCCCCCC2)cc1. The molecule has 0 saturated carbocycles. The summed E-state index contributed by atoms with van der Waals surface area (Å²) in [5.74, 6) is 0. The Morgan fingerprint density at radius 2 is 1.38 bits per heavy atom. The van der Waals surface area contributed by atoms with Crippen LogP contribution >= 0.6 is 0 Å². The smallest absolute Gasteiger partial charge is 0.238 e. The highest BCUT2D eigenvalue weighted by Crippen LogP contribution is 2.16. The highest BCUT2D eigenvalue weighted by Gasteiger charge is 2.06. The largest absolute Gasteiger partial charge is 0.305 e. The Kier molecular flexibility index (Phi) is 7.59. The first kappa shape index (κ1) is 18.8. The van der Waals surface area contributed by atoms with E-state index in [0.29, 0.717) is 0 Å². The average molecular weight is 352 g/mol. The maximum atomic E-state index is 11.3. The fourth-order valence-electron chi connectivity index (χ4n) is 2.89. The number of primary sulfonamides is 1. The van der Waals surface area contributed by atoms with Gasteiger partial charge in [-0.2, -0.15) is 0 Å². The molecule has 0 radical (unpaired) electrons. The molecule has 0 fully saturated rings. The van der Waals surface area contributed by atoms with Gasteiger partial charge in [0.05, 0.1) is 10.6 Å². The van der Waals surface area contributed by atoms with Crippen molar-refractivity contribution < 1.29 is 8.42 Å². The van der Waals surface area contributed by atoms with Crippen molar-refractivity contribution in [3.63, 3.8) is 0 Å². The van der Waals surface area contributed by atoms with Gasteiger partial charge in [-0.1, -0.05) is 44.6 Å². The number of nitrogens with one attached hydrogen (secondary N) is 2. The van der Waals surface area contributed by atoms with Crippen LogP contribution in [-0.2, 0) is 10.0 Å². The highest BCUT2D eigenvalue weighted by atomic mass is 32.2. The Labute approximate surface area is 145 Å². The summed E-state index contributed by atoms with van der Waals surface area (Å²) in [5.41, 5.74) is 8.46. The Morgan fingerprint density at radius 1 is 0.792 bits per heavy atom. The number of nitrogens with two attached hydrogens (primary N) is 1. The van der Waals surface area contributed by atoms with Gasteiger partial charge >= 0.3 is 0 Å². The van der Waals surface area contributed by atoms with E-state index < -0.39 is 10.0 Å². The molecule has 0 aliphatic heterocycles. The molecule has 6 heteroatoms. The van der Waals surface area contributed by atoms with Crippen molar-refractivity contribution in [3.05, 3.63) is 36.0 Å². The number of hydrogen-bond donors (Lipinski definition) is 3. The number of benzene rings is 1. The lowest BCUT2D eigenvalue weighted by molar-refractivity contribution is 0.558. The monoisotopic (exact) mass is 351 g/mol. The first-order valence-electron chi connectivity index (χ1n) is 8.90. The van der Waals surface area contributed by atoms with E-state index in [2.05, 4.69) is 16.9 Å². The van der Waals surface area contributed by atoms with Gasteiger partial charge in [0.25, 0.3) is 0 Å². The van der Waals surface area contributed by atoms with Gasteiger partial charge in [0.15, 0.2) is 0 Å². The Morgan fingerprint density at radius 3 is 2.00 bits per heavy atom. The predicted octanol–water partition coefficient (Wildman–Crippen LogP) is 4.05. The Bertz CT molecular complexity index is 624. The molecular weight excluding hydrogens is 322 g/mol. The molecule has 4 N–H and O–H groups in total. The van der Waals surface area contributed by atoms with Crippen LogP contribution in [0.4, 0.5) is 5.69 Å². The van der Waals surface area contributed by atoms with Crippen molar-refractivity contribution in [3.8, 4) is 0 Å². The van der Waals surface area contributed by atoms with Crippen molar-refractivity contribution in [2.45, 2.75) is 69.1 Å². The summed E-state index contributed by atoms with van der Waals surface area (Å²) in [6, 6.07) is 6.44. The van der Waals surface area contributed by atoms with Crippen LogP contribution < -0.4 is 16.0 Å². The van der Waals surface area contributed by atoms with Crippen LogP contribution in [0.15, 0.2) is 40.9 Å². The van der Waals surface area contributed by atoms with E-state index in [1.54, 1.807) is 12.1 Å². The quantitative estimate of drug-likeness (QED) is 0.715. The van der Waals surface area contributed by atoms with Gasteiger partial charge in [-0.25, -0.2) is 13.6 Å². The van der Waals surface area contributed by atoms with Gasteiger partial charge < -0.3 is 10.9 Å². The average Bonchev–Trinajstić information content (AvgIpc) is 2.54. The molecule has 0 spiro atoms. The molecule has 0 aromatic heterocycles. The van der Waals surface area contributed by atoms with E-state index >= 15 is 0 Å². The molecule has 0 amide bonds. The summed E-state index contributed by atoms with van der Waals surface area (Å²) >= 11 is 0. The molecule has 0 atom stereocenters. The minimum absolute atomic E-state index is 0.123. The van der Waals surface area contributed by atoms with Gasteiger partial charge in [-0.05, 0) is 49.9 Å². The lowest BCUT2D eigenvalue weighted by Crippen LogP contribution is -2.21. The van der Waals surface area contributed by atoms with Crippen LogP contribution in [0, 0.1) is 0 Å². The molecule has 2 rings (SSSR count). The fraction of sp³-hybridized carbons (Fsp3) is 0.556. The molecule has 1 aliphatic rings. The molecule has 0 unspecified atom stereocenters. The molecular formula is C18H29N3O2S. The Balaban J connectivity index is 1.89. The van der Waals surface area contributed by atoms with E-state index in [1.165, 1.54) is 69.2 Å². The minimum atomic E-state index is -3.64. The first-order chi connectivity index (χ1) is 11.6. The molecule has 0 bridgehead atoms. The zero-order valence-corrected chi connectivity index (χ0v) is 15.1. The van der Waals surface area contributed by atoms with E-state index in [4.69, 9.17) is 5.14 Å². The molecule has 1 aromatic carbocycles. The number of sulfonamides is 1. The maximum absolute atomic E-state index is 11.3. The normalized spacial score (nSPS) is 18.0. The van der Waals surface area contributed by atoms with Crippen LogP contribution in [0.2, 0.25) is 0 Å². The maximum Gasteiger partial charge on any atom is 0.238 e. The minimum Gasteiger partial charge on any atom is -0.305 e.